The maximum atomic E-state index is 4.55. The van der Waals surface area contributed by atoms with Crippen molar-refractivity contribution < 1.29 is 0 Å². The van der Waals surface area contributed by atoms with Crippen molar-refractivity contribution in [3.63, 3.8) is 0 Å². The molecule has 1 aromatic rings. The predicted molar refractivity (Wildman–Crippen MR) is 82.6 cm³/mol. The lowest BCUT2D eigenvalue weighted by molar-refractivity contribution is 0.576. The lowest BCUT2D eigenvalue weighted by Gasteiger charge is -2.22. The van der Waals surface area contributed by atoms with Gasteiger partial charge in [-0.25, -0.2) is 0 Å². The molecule has 0 heterocycles. The summed E-state index contributed by atoms with van der Waals surface area (Å²) in [5.74, 6) is 1.23. The fraction of sp³-hybridized carbons (Fsp3) is 0.600. The van der Waals surface area contributed by atoms with E-state index in [1.165, 1.54) is 35.5 Å². The molecule has 0 amide bonds. The Hall–Kier alpha value is -0.0800. The van der Waals surface area contributed by atoms with Gasteiger partial charge in [0.15, 0.2) is 0 Å². The molecule has 0 saturated carbocycles. The van der Waals surface area contributed by atoms with Gasteiger partial charge in [-0.05, 0) is 41.4 Å². The first-order valence-electron chi connectivity index (χ1n) is 6.41. The number of rotatable bonds is 5. The number of thiol groups is 1. The molecule has 0 nitrogen and oxygen atoms in total. The minimum Gasteiger partial charge on any atom is -0.143 e. The topological polar surface area (TPSA) is 0 Å². The molecule has 0 bridgehead atoms. The molecular formula is C15H24S2. The van der Waals surface area contributed by atoms with E-state index < -0.39 is 0 Å². The predicted octanol–water partition coefficient (Wildman–Crippen LogP) is 5.56. The Labute approximate surface area is 116 Å². The molecule has 0 aliphatic carbocycles. The molecule has 0 aliphatic heterocycles. The van der Waals surface area contributed by atoms with Crippen LogP contribution in [-0.4, -0.2) is 5.75 Å². The zero-order chi connectivity index (χ0) is 12.9. The molecule has 17 heavy (non-hydrogen) atoms. The summed E-state index contributed by atoms with van der Waals surface area (Å²) in [7, 11) is 0. The quantitative estimate of drug-likeness (QED) is 0.415. The molecule has 0 N–H and O–H groups in total. The Morgan fingerprint density at radius 3 is 2.47 bits per heavy atom. The third kappa shape index (κ3) is 4.97. The van der Waals surface area contributed by atoms with Crippen molar-refractivity contribution in [3.8, 4) is 0 Å². The molecule has 0 spiro atoms. The molecule has 1 aromatic carbocycles. The van der Waals surface area contributed by atoms with Crippen molar-refractivity contribution >= 4 is 24.4 Å². The summed E-state index contributed by atoms with van der Waals surface area (Å²) in [5.41, 5.74) is 1.53. The minimum absolute atomic E-state index is 0.178. The van der Waals surface area contributed by atoms with Gasteiger partial charge >= 0.3 is 0 Å². The molecule has 0 atom stereocenters. The van der Waals surface area contributed by atoms with E-state index in [2.05, 4.69) is 58.5 Å². The van der Waals surface area contributed by atoms with Gasteiger partial charge in [0.2, 0.25) is 0 Å². The molecule has 0 saturated heterocycles. The van der Waals surface area contributed by atoms with Crippen LogP contribution in [0.3, 0.4) is 0 Å². The van der Waals surface area contributed by atoms with Crippen LogP contribution in [0.25, 0.3) is 0 Å². The molecule has 2 heteroatoms. The van der Waals surface area contributed by atoms with Crippen LogP contribution in [0, 0.1) is 0 Å². The van der Waals surface area contributed by atoms with Gasteiger partial charge in [-0.1, -0.05) is 40.5 Å². The Bertz CT molecular complexity index is 350. The number of thioether (sulfide) groups is 1. The lowest BCUT2D eigenvalue weighted by atomic mass is 9.87. The highest BCUT2D eigenvalue weighted by molar-refractivity contribution is 7.99. The minimum atomic E-state index is 0.178. The largest absolute Gasteiger partial charge is 0.143 e. The summed E-state index contributed by atoms with van der Waals surface area (Å²) in [4.78, 5) is 2.49. The molecule has 0 radical (unpaired) electrons. The second kappa shape index (κ2) is 6.75. The normalized spacial score (nSPS) is 11.8. The smallest absolute Gasteiger partial charge is 0.00781 e. The van der Waals surface area contributed by atoms with Crippen molar-refractivity contribution in [3.05, 3.63) is 23.8 Å². The highest BCUT2D eigenvalue weighted by atomic mass is 32.2. The zero-order valence-electron chi connectivity index (χ0n) is 11.4. The summed E-state index contributed by atoms with van der Waals surface area (Å²) in [6, 6.07) is 6.62. The molecule has 0 aromatic heterocycles. The average molecular weight is 268 g/mol. The molecular weight excluding hydrogens is 244 g/mol. The van der Waals surface area contributed by atoms with E-state index in [1.54, 1.807) is 0 Å². The number of hydrogen-bond acceptors (Lipinski definition) is 2. The van der Waals surface area contributed by atoms with E-state index in [-0.39, 0.29) is 5.41 Å². The monoisotopic (exact) mass is 268 g/mol. The fourth-order valence-corrected chi connectivity index (χ4v) is 3.17. The maximum absolute atomic E-state index is 4.55. The summed E-state index contributed by atoms with van der Waals surface area (Å²) in [6.07, 6.45) is 3.95. The van der Waals surface area contributed by atoms with Gasteiger partial charge in [-0.2, -0.15) is 0 Å². The van der Waals surface area contributed by atoms with E-state index in [9.17, 15) is 0 Å². The highest BCUT2D eigenvalue weighted by Crippen LogP contribution is 2.32. The summed E-state index contributed by atoms with van der Waals surface area (Å²) < 4.78 is 0. The Kier molecular flexibility index (Phi) is 5.94. The second-order valence-corrected chi connectivity index (χ2v) is 7.13. The Morgan fingerprint density at radius 2 is 1.88 bits per heavy atom. The molecule has 96 valence electrons. The molecule has 1 rings (SSSR count). The van der Waals surface area contributed by atoms with Crippen LogP contribution in [0.4, 0.5) is 0 Å². The number of benzene rings is 1. The van der Waals surface area contributed by atoms with Gasteiger partial charge in [0.1, 0.15) is 0 Å². The van der Waals surface area contributed by atoms with Crippen LogP contribution >= 0.6 is 24.4 Å². The molecule has 0 unspecified atom stereocenters. The Morgan fingerprint density at radius 1 is 1.18 bits per heavy atom. The van der Waals surface area contributed by atoms with Crippen molar-refractivity contribution in [2.45, 2.75) is 62.2 Å². The van der Waals surface area contributed by atoms with Crippen molar-refractivity contribution in [2.24, 2.45) is 0 Å². The van der Waals surface area contributed by atoms with Gasteiger partial charge < -0.3 is 0 Å². The van der Waals surface area contributed by atoms with Crippen molar-refractivity contribution in [2.75, 3.05) is 5.75 Å². The molecule has 0 aliphatic rings. The SMILES string of the molecule is CCCCCSc1ccc(S)c(C(C)(C)C)c1. The van der Waals surface area contributed by atoms with Gasteiger partial charge in [0.25, 0.3) is 0 Å². The third-order valence-corrected chi connectivity index (χ3v) is 4.26. The summed E-state index contributed by atoms with van der Waals surface area (Å²) in [6.45, 7) is 8.98. The average Bonchev–Trinajstić information content (AvgIpc) is 2.25. The standard InChI is InChI=1S/C15H24S2/c1-5-6-7-10-17-12-8-9-14(16)13(11-12)15(2,3)4/h8-9,11,16H,5-7,10H2,1-4H3. The van der Waals surface area contributed by atoms with Crippen molar-refractivity contribution in [1.29, 1.82) is 0 Å². The summed E-state index contributed by atoms with van der Waals surface area (Å²) in [5, 5.41) is 0. The first-order valence-corrected chi connectivity index (χ1v) is 7.84. The highest BCUT2D eigenvalue weighted by Gasteiger charge is 2.16. The van der Waals surface area contributed by atoms with Crippen LogP contribution in [-0.2, 0) is 5.41 Å². The van der Waals surface area contributed by atoms with Gasteiger partial charge in [0, 0.05) is 9.79 Å². The van der Waals surface area contributed by atoms with Crippen LogP contribution in [0.15, 0.2) is 28.0 Å². The van der Waals surface area contributed by atoms with E-state index >= 15 is 0 Å². The first kappa shape index (κ1) is 15.0. The van der Waals surface area contributed by atoms with Crippen LogP contribution < -0.4 is 0 Å². The Balaban J connectivity index is 2.69. The van der Waals surface area contributed by atoms with Crippen LogP contribution in [0.5, 0.6) is 0 Å². The van der Waals surface area contributed by atoms with E-state index in [0.29, 0.717) is 0 Å². The maximum Gasteiger partial charge on any atom is 0.00781 e. The lowest BCUT2D eigenvalue weighted by Crippen LogP contribution is -2.12. The first-order chi connectivity index (χ1) is 7.95. The zero-order valence-corrected chi connectivity index (χ0v) is 13.1. The fourth-order valence-electron chi connectivity index (χ4n) is 1.75. The van der Waals surface area contributed by atoms with E-state index in [0.717, 1.165) is 4.90 Å². The summed E-state index contributed by atoms with van der Waals surface area (Å²) >= 11 is 6.52. The second-order valence-electron chi connectivity index (χ2n) is 5.48. The number of hydrogen-bond donors (Lipinski definition) is 1. The van der Waals surface area contributed by atoms with Crippen LogP contribution in [0.1, 0.15) is 52.5 Å². The van der Waals surface area contributed by atoms with E-state index in [4.69, 9.17) is 0 Å². The van der Waals surface area contributed by atoms with Crippen LogP contribution in [0.2, 0.25) is 0 Å². The number of unbranched alkanes of at least 4 members (excludes halogenated alkanes) is 2. The van der Waals surface area contributed by atoms with Gasteiger partial charge in [0.05, 0.1) is 0 Å². The molecule has 0 fully saturated rings. The van der Waals surface area contributed by atoms with Gasteiger partial charge in [-0.15, -0.1) is 24.4 Å². The van der Waals surface area contributed by atoms with E-state index in [1.807, 2.05) is 11.8 Å². The van der Waals surface area contributed by atoms with Gasteiger partial charge in [-0.3, -0.25) is 0 Å². The van der Waals surface area contributed by atoms with Crippen molar-refractivity contribution in [1.82, 2.24) is 0 Å². The third-order valence-electron chi connectivity index (χ3n) is 2.79.